The lowest BCUT2D eigenvalue weighted by Gasteiger charge is -2.12. The monoisotopic (exact) mass is 299 g/mol. The second kappa shape index (κ2) is 7.11. The molecule has 0 unspecified atom stereocenters. The van der Waals surface area contributed by atoms with Gasteiger partial charge in [-0.25, -0.2) is 0 Å². The summed E-state index contributed by atoms with van der Waals surface area (Å²) >= 11 is 0. The van der Waals surface area contributed by atoms with E-state index in [4.69, 9.17) is 0 Å². The third kappa shape index (κ3) is 3.87. The van der Waals surface area contributed by atoms with Crippen LogP contribution >= 0.6 is 0 Å². The largest absolute Gasteiger partial charge is 0.352 e. The van der Waals surface area contributed by atoms with E-state index in [9.17, 15) is 0 Å². The van der Waals surface area contributed by atoms with Crippen LogP contribution in [0.1, 0.15) is 28.1 Å². The van der Waals surface area contributed by atoms with Crippen molar-refractivity contribution in [2.24, 2.45) is 12.0 Å². The molecule has 5 nitrogen and oxygen atoms in total. The van der Waals surface area contributed by atoms with Crippen molar-refractivity contribution in [2.75, 3.05) is 7.05 Å². The van der Waals surface area contributed by atoms with E-state index in [-0.39, 0.29) is 0 Å². The molecule has 1 heterocycles. The Bertz CT molecular complexity index is 670. The van der Waals surface area contributed by atoms with Gasteiger partial charge >= 0.3 is 0 Å². The van der Waals surface area contributed by atoms with Crippen LogP contribution in [0.15, 0.2) is 29.3 Å². The van der Waals surface area contributed by atoms with Gasteiger partial charge in [0.25, 0.3) is 0 Å². The van der Waals surface area contributed by atoms with Crippen LogP contribution < -0.4 is 10.6 Å². The van der Waals surface area contributed by atoms with Crippen molar-refractivity contribution in [3.05, 3.63) is 52.3 Å². The average molecular weight is 299 g/mol. The molecule has 2 N–H and O–H groups in total. The van der Waals surface area contributed by atoms with Gasteiger partial charge in [-0.3, -0.25) is 9.67 Å². The second-order valence-corrected chi connectivity index (χ2v) is 5.54. The van der Waals surface area contributed by atoms with Crippen LogP contribution in [0.3, 0.4) is 0 Å². The quantitative estimate of drug-likeness (QED) is 0.672. The minimum atomic E-state index is 0.721. The highest BCUT2D eigenvalue weighted by molar-refractivity contribution is 5.79. The molecule has 1 aromatic carbocycles. The van der Waals surface area contributed by atoms with Crippen LogP contribution in [0.4, 0.5) is 0 Å². The molecule has 22 heavy (non-hydrogen) atoms. The fourth-order valence-corrected chi connectivity index (χ4v) is 2.47. The standard InChI is InChI=1S/C17H25N5/c1-12-7-6-8-15(9-12)10-19-17(18-4)20-11-16-13(2)21-22(5)14(16)3/h6-9H,10-11H2,1-5H3,(H2,18,19,20). The summed E-state index contributed by atoms with van der Waals surface area (Å²) in [6.07, 6.45) is 0. The van der Waals surface area contributed by atoms with Crippen LogP contribution in [-0.4, -0.2) is 22.8 Å². The van der Waals surface area contributed by atoms with E-state index in [0.717, 1.165) is 24.7 Å². The number of aryl methyl sites for hydroxylation is 3. The van der Waals surface area contributed by atoms with Crippen LogP contribution in [-0.2, 0) is 20.1 Å². The third-order valence-corrected chi connectivity index (χ3v) is 3.86. The molecular formula is C17H25N5. The van der Waals surface area contributed by atoms with Crippen LogP contribution in [0.2, 0.25) is 0 Å². The average Bonchev–Trinajstić information content (AvgIpc) is 2.73. The molecular weight excluding hydrogens is 274 g/mol. The van der Waals surface area contributed by atoms with Crippen LogP contribution in [0, 0.1) is 20.8 Å². The smallest absolute Gasteiger partial charge is 0.191 e. The SMILES string of the molecule is CN=C(NCc1cccc(C)c1)NCc1c(C)nn(C)c1C. The zero-order chi connectivity index (χ0) is 16.1. The molecule has 2 aromatic rings. The van der Waals surface area contributed by atoms with Gasteiger partial charge in [-0.2, -0.15) is 5.10 Å². The molecule has 0 aliphatic carbocycles. The fraction of sp³-hybridized carbons (Fsp3) is 0.412. The Morgan fingerprint density at radius 3 is 2.50 bits per heavy atom. The number of aliphatic imine (C=N–C) groups is 1. The molecule has 0 fully saturated rings. The Balaban J connectivity index is 1.93. The molecule has 118 valence electrons. The summed E-state index contributed by atoms with van der Waals surface area (Å²) in [5, 5.41) is 11.1. The van der Waals surface area contributed by atoms with Crippen LogP contribution in [0.25, 0.3) is 0 Å². The summed E-state index contributed by atoms with van der Waals surface area (Å²) in [6.45, 7) is 7.70. The fourth-order valence-electron chi connectivity index (χ4n) is 2.47. The summed E-state index contributed by atoms with van der Waals surface area (Å²) in [7, 11) is 3.76. The van der Waals surface area contributed by atoms with Crippen LogP contribution in [0.5, 0.6) is 0 Å². The summed E-state index contributed by atoms with van der Waals surface area (Å²) in [6, 6.07) is 8.47. The summed E-state index contributed by atoms with van der Waals surface area (Å²) in [4.78, 5) is 4.27. The maximum absolute atomic E-state index is 4.43. The van der Waals surface area contributed by atoms with Gasteiger partial charge in [-0.05, 0) is 26.3 Å². The number of guanidine groups is 1. The number of rotatable bonds is 4. The molecule has 0 radical (unpaired) electrons. The first-order valence-corrected chi connectivity index (χ1v) is 7.50. The van der Waals surface area contributed by atoms with E-state index < -0.39 is 0 Å². The van der Waals surface area contributed by atoms with E-state index in [1.54, 1.807) is 7.05 Å². The molecule has 5 heteroatoms. The lowest BCUT2D eigenvalue weighted by Crippen LogP contribution is -2.36. The first kappa shape index (κ1) is 16.1. The molecule has 0 atom stereocenters. The highest BCUT2D eigenvalue weighted by Crippen LogP contribution is 2.11. The molecule has 0 saturated heterocycles. The highest BCUT2D eigenvalue weighted by atomic mass is 15.3. The topological polar surface area (TPSA) is 54.2 Å². The summed E-state index contributed by atoms with van der Waals surface area (Å²) < 4.78 is 1.91. The van der Waals surface area contributed by atoms with Gasteiger partial charge in [0, 0.05) is 38.4 Å². The van der Waals surface area contributed by atoms with Crippen molar-refractivity contribution >= 4 is 5.96 Å². The lowest BCUT2D eigenvalue weighted by atomic mass is 10.1. The minimum Gasteiger partial charge on any atom is -0.352 e. The number of benzene rings is 1. The summed E-state index contributed by atoms with van der Waals surface area (Å²) in [5.41, 5.74) is 5.97. The molecule has 1 aromatic heterocycles. The first-order valence-electron chi connectivity index (χ1n) is 7.50. The maximum Gasteiger partial charge on any atom is 0.191 e. The number of hydrogen-bond donors (Lipinski definition) is 2. The van der Waals surface area contributed by atoms with Crippen molar-refractivity contribution in [1.29, 1.82) is 0 Å². The van der Waals surface area contributed by atoms with E-state index in [2.05, 4.69) is 58.8 Å². The maximum atomic E-state index is 4.43. The highest BCUT2D eigenvalue weighted by Gasteiger charge is 2.09. The van der Waals surface area contributed by atoms with Crippen molar-refractivity contribution < 1.29 is 0 Å². The molecule has 0 saturated carbocycles. The normalized spacial score (nSPS) is 11.6. The molecule has 0 bridgehead atoms. The van der Waals surface area contributed by atoms with Gasteiger partial charge in [-0.15, -0.1) is 0 Å². The third-order valence-electron chi connectivity index (χ3n) is 3.86. The molecule has 2 rings (SSSR count). The number of aromatic nitrogens is 2. The molecule has 0 spiro atoms. The van der Waals surface area contributed by atoms with Crippen molar-refractivity contribution in [3.63, 3.8) is 0 Å². The lowest BCUT2D eigenvalue weighted by molar-refractivity contribution is 0.728. The van der Waals surface area contributed by atoms with Gasteiger partial charge in [0.05, 0.1) is 5.69 Å². The molecule has 0 amide bonds. The van der Waals surface area contributed by atoms with Gasteiger partial charge in [0.1, 0.15) is 0 Å². The Morgan fingerprint density at radius 1 is 1.18 bits per heavy atom. The summed E-state index contributed by atoms with van der Waals surface area (Å²) in [5.74, 6) is 0.796. The van der Waals surface area contributed by atoms with Crippen molar-refractivity contribution in [3.8, 4) is 0 Å². The number of hydrogen-bond acceptors (Lipinski definition) is 2. The Kier molecular flexibility index (Phi) is 5.20. The van der Waals surface area contributed by atoms with Crippen molar-refractivity contribution in [1.82, 2.24) is 20.4 Å². The zero-order valence-electron chi connectivity index (χ0n) is 14.1. The van der Waals surface area contributed by atoms with Gasteiger partial charge in [0.2, 0.25) is 0 Å². The second-order valence-electron chi connectivity index (χ2n) is 5.54. The number of nitrogens with one attached hydrogen (secondary N) is 2. The van der Waals surface area contributed by atoms with E-state index in [1.807, 2.05) is 18.7 Å². The Labute approximate surface area is 132 Å². The predicted molar refractivity (Wildman–Crippen MR) is 90.9 cm³/mol. The number of nitrogens with zero attached hydrogens (tertiary/aromatic N) is 3. The predicted octanol–water partition coefficient (Wildman–Crippen LogP) is 2.21. The zero-order valence-corrected chi connectivity index (χ0v) is 14.1. The Hall–Kier alpha value is -2.30. The van der Waals surface area contributed by atoms with E-state index in [0.29, 0.717) is 0 Å². The van der Waals surface area contributed by atoms with Gasteiger partial charge in [0.15, 0.2) is 5.96 Å². The van der Waals surface area contributed by atoms with Crippen molar-refractivity contribution in [2.45, 2.75) is 33.9 Å². The molecule has 0 aliphatic rings. The van der Waals surface area contributed by atoms with Gasteiger partial charge < -0.3 is 10.6 Å². The van der Waals surface area contributed by atoms with Gasteiger partial charge in [-0.1, -0.05) is 29.8 Å². The van der Waals surface area contributed by atoms with E-state index in [1.165, 1.54) is 22.4 Å². The molecule has 0 aliphatic heterocycles. The minimum absolute atomic E-state index is 0.721. The van der Waals surface area contributed by atoms with E-state index >= 15 is 0 Å². The Morgan fingerprint density at radius 2 is 1.91 bits per heavy atom. The first-order chi connectivity index (χ1) is 10.5.